The van der Waals surface area contributed by atoms with Gasteiger partial charge in [0, 0.05) is 6.54 Å². The third kappa shape index (κ3) is 3.64. The van der Waals surface area contributed by atoms with E-state index in [9.17, 15) is 14.0 Å². The zero-order valence-electron chi connectivity index (χ0n) is 14.6. The molecule has 0 bridgehead atoms. The molecule has 0 N–H and O–H groups in total. The Bertz CT molecular complexity index is 814. The average Bonchev–Trinajstić information content (AvgIpc) is 2.94. The lowest BCUT2D eigenvalue weighted by molar-refractivity contribution is -0.131. The molecule has 0 aliphatic carbocycles. The molecule has 1 unspecified atom stereocenters. The number of urea groups is 1. The molecule has 140 valence electrons. The molecule has 1 atom stereocenters. The van der Waals surface area contributed by atoms with Crippen molar-refractivity contribution in [1.82, 2.24) is 9.80 Å². The van der Waals surface area contributed by atoms with E-state index in [0.29, 0.717) is 25.5 Å². The summed E-state index contributed by atoms with van der Waals surface area (Å²) in [5.74, 6) is 0.0801. The quantitative estimate of drug-likeness (QED) is 0.759. The summed E-state index contributed by atoms with van der Waals surface area (Å²) >= 11 is 0. The number of ether oxygens (including phenoxy) is 2. The normalized spacial score (nSPS) is 19.4. The van der Waals surface area contributed by atoms with E-state index in [2.05, 4.69) is 0 Å². The van der Waals surface area contributed by atoms with Crippen molar-refractivity contribution in [2.24, 2.45) is 0 Å². The van der Waals surface area contributed by atoms with E-state index >= 15 is 0 Å². The average molecular weight is 370 g/mol. The highest BCUT2D eigenvalue weighted by Gasteiger charge is 2.46. The van der Waals surface area contributed by atoms with Gasteiger partial charge in [-0.2, -0.15) is 0 Å². The van der Waals surface area contributed by atoms with Crippen molar-refractivity contribution >= 4 is 11.9 Å². The number of nitrogens with zero attached hydrogens (tertiary/aromatic N) is 2. The van der Waals surface area contributed by atoms with E-state index in [-0.39, 0.29) is 30.9 Å². The SMILES string of the molecule is O=C1C2COCCN2C(=O)N1Cc1ccc(COc2ccc(F)cc2)cc1. The number of rotatable bonds is 5. The van der Waals surface area contributed by atoms with E-state index in [4.69, 9.17) is 9.47 Å². The molecular weight excluding hydrogens is 351 g/mol. The third-order valence-corrected chi connectivity index (χ3v) is 4.74. The van der Waals surface area contributed by atoms with Crippen LogP contribution in [0.4, 0.5) is 9.18 Å². The molecule has 0 saturated carbocycles. The Labute approximate surface area is 156 Å². The van der Waals surface area contributed by atoms with E-state index < -0.39 is 6.04 Å². The topological polar surface area (TPSA) is 59.1 Å². The van der Waals surface area contributed by atoms with Crippen LogP contribution in [0.1, 0.15) is 11.1 Å². The molecule has 4 rings (SSSR count). The number of halogens is 1. The van der Waals surface area contributed by atoms with Gasteiger partial charge < -0.3 is 14.4 Å². The number of imide groups is 1. The predicted molar refractivity (Wildman–Crippen MR) is 94.4 cm³/mol. The number of hydrogen-bond donors (Lipinski definition) is 0. The van der Waals surface area contributed by atoms with Gasteiger partial charge in [-0.25, -0.2) is 9.18 Å². The van der Waals surface area contributed by atoms with E-state index in [1.807, 2.05) is 24.3 Å². The van der Waals surface area contributed by atoms with Gasteiger partial charge in [0.15, 0.2) is 0 Å². The zero-order valence-corrected chi connectivity index (χ0v) is 14.6. The van der Waals surface area contributed by atoms with Gasteiger partial charge in [0.1, 0.15) is 24.2 Å². The first-order valence-corrected chi connectivity index (χ1v) is 8.78. The Morgan fingerprint density at radius 1 is 1.04 bits per heavy atom. The lowest BCUT2D eigenvalue weighted by atomic mass is 10.1. The van der Waals surface area contributed by atoms with Crippen LogP contribution in [0.5, 0.6) is 5.75 Å². The number of morpholine rings is 1. The van der Waals surface area contributed by atoms with Crippen molar-refractivity contribution in [3.8, 4) is 5.75 Å². The Balaban J connectivity index is 1.37. The van der Waals surface area contributed by atoms with E-state index in [1.165, 1.54) is 17.0 Å². The van der Waals surface area contributed by atoms with E-state index in [1.54, 1.807) is 17.0 Å². The second-order valence-corrected chi connectivity index (χ2v) is 6.55. The molecular formula is C20H19FN2O4. The Morgan fingerprint density at radius 2 is 1.74 bits per heavy atom. The third-order valence-electron chi connectivity index (χ3n) is 4.74. The van der Waals surface area contributed by atoms with Gasteiger partial charge in [-0.05, 0) is 35.4 Å². The van der Waals surface area contributed by atoms with Gasteiger partial charge in [-0.15, -0.1) is 0 Å². The van der Waals surface area contributed by atoms with Crippen LogP contribution >= 0.6 is 0 Å². The van der Waals surface area contributed by atoms with Crippen molar-refractivity contribution in [1.29, 1.82) is 0 Å². The summed E-state index contributed by atoms with van der Waals surface area (Å²) in [5, 5.41) is 0. The molecule has 2 aromatic carbocycles. The van der Waals surface area contributed by atoms with Crippen LogP contribution in [0.25, 0.3) is 0 Å². The van der Waals surface area contributed by atoms with Gasteiger partial charge in [-0.3, -0.25) is 9.69 Å². The summed E-state index contributed by atoms with van der Waals surface area (Å²) in [6.07, 6.45) is 0. The summed E-state index contributed by atoms with van der Waals surface area (Å²) in [5.41, 5.74) is 1.80. The molecule has 2 aliphatic heterocycles. The van der Waals surface area contributed by atoms with Crippen LogP contribution in [-0.4, -0.2) is 47.5 Å². The van der Waals surface area contributed by atoms with Gasteiger partial charge in [0.25, 0.3) is 5.91 Å². The summed E-state index contributed by atoms with van der Waals surface area (Å²) in [4.78, 5) is 27.7. The number of benzene rings is 2. The number of carbonyl (C=O) groups excluding carboxylic acids is 2. The minimum Gasteiger partial charge on any atom is -0.489 e. The summed E-state index contributed by atoms with van der Waals surface area (Å²) < 4.78 is 23.8. The molecule has 2 fully saturated rings. The van der Waals surface area contributed by atoms with Gasteiger partial charge in [-0.1, -0.05) is 24.3 Å². The first kappa shape index (κ1) is 17.5. The van der Waals surface area contributed by atoms with Crippen LogP contribution in [0.2, 0.25) is 0 Å². The molecule has 0 radical (unpaired) electrons. The second kappa shape index (κ2) is 7.36. The van der Waals surface area contributed by atoms with E-state index in [0.717, 1.165) is 11.1 Å². The Hall–Kier alpha value is -2.93. The molecule has 0 aromatic heterocycles. The summed E-state index contributed by atoms with van der Waals surface area (Å²) in [7, 11) is 0. The summed E-state index contributed by atoms with van der Waals surface area (Å²) in [6.45, 7) is 1.77. The number of carbonyl (C=O) groups is 2. The van der Waals surface area contributed by atoms with Crippen molar-refractivity contribution in [3.63, 3.8) is 0 Å². The van der Waals surface area contributed by atoms with Crippen LogP contribution in [0, 0.1) is 5.82 Å². The monoisotopic (exact) mass is 370 g/mol. The van der Waals surface area contributed by atoms with Gasteiger partial charge in [0.2, 0.25) is 0 Å². The fourth-order valence-electron chi connectivity index (χ4n) is 3.23. The minimum absolute atomic E-state index is 0.205. The number of fused-ring (bicyclic) bond motifs is 1. The van der Waals surface area contributed by atoms with Crippen LogP contribution < -0.4 is 4.74 Å². The maximum atomic E-state index is 12.9. The maximum Gasteiger partial charge on any atom is 0.327 e. The lowest BCUT2D eigenvalue weighted by Crippen LogP contribution is -2.45. The smallest absolute Gasteiger partial charge is 0.327 e. The highest BCUT2D eigenvalue weighted by molar-refractivity contribution is 6.04. The maximum absolute atomic E-state index is 12.9. The summed E-state index contributed by atoms with van der Waals surface area (Å²) in [6, 6.07) is 12.6. The van der Waals surface area contributed by atoms with Crippen molar-refractivity contribution in [2.45, 2.75) is 19.2 Å². The molecule has 6 nitrogen and oxygen atoms in total. The molecule has 27 heavy (non-hydrogen) atoms. The fourth-order valence-corrected chi connectivity index (χ4v) is 3.23. The Morgan fingerprint density at radius 3 is 2.44 bits per heavy atom. The first-order valence-electron chi connectivity index (χ1n) is 8.78. The largest absolute Gasteiger partial charge is 0.489 e. The first-order chi connectivity index (χ1) is 13.1. The van der Waals surface area contributed by atoms with Gasteiger partial charge >= 0.3 is 6.03 Å². The van der Waals surface area contributed by atoms with Crippen molar-refractivity contribution in [3.05, 3.63) is 65.5 Å². The molecule has 2 aliphatic rings. The lowest BCUT2D eigenvalue weighted by Gasteiger charge is -2.26. The highest BCUT2D eigenvalue weighted by atomic mass is 19.1. The van der Waals surface area contributed by atoms with Crippen molar-refractivity contribution in [2.75, 3.05) is 19.8 Å². The van der Waals surface area contributed by atoms with Gasteiger partial charge in [0.05, 0.1) is 19.8 Å². The van der Waals surface area contributed by atoms with Crippen molar-refractivity contribution < 1.29 is 23.5 Å². The molecule has 2 aromatic rings. The van der Waals surface area contributed by atoms with Crippen LogP contribution in [-0.2, 0) is 22.7 Å². The molecule has 3 amide bonds. The second-order valence-electron chi connectivity index (χ2n) is 6.55. The standard InChI is InChI=1S/C20H19FN2O4/c21-16-5-7-17(8-6-16)27-12-15-3-1-14(2-4-15)11-23-19(24)18-13-26-10-9-22(18)20(23)25/h1-8,18H,9-13H2. The number of hydrogen-bond acceptors (Lipinski definition) is 4. The molecule has 0 spiro atoms. The molecule has 7 heteroatoms. The predicted octanol–water partition coefficient (Wildman–Crippen LogP) is 2.57. The number of amides is 3. The Kier molecular flexibility index (Phi) is 4.77. The molecule has 2 heterocycles. The molecule has 2 saturated heterocycles. The highest BCUT2D eigenvalue weighted by Crippen LogP contribution is 2.23. The van der Waals surface area contributed by atoms with Crippen LogP contribution in [0.15, 0.2) is 48.5 Å². The minimum atomic E-state index is -0.491. The van der Waals surface area contributed by atoms with Crippen LogP contribution in [0.3, 0.4) is 0 Å². The zero-order chi connectivity index (χ0) is 18.8. The fraction of sp³-hybridized carbons (Fsp3) is 0.300.